The fourth-order valence-electron chi connectivity index (χ4n) is 9.52. The van der Waals surface area contributed by atoms with Crippen molar-refractivity contribution in [1.82, 2.24) is 9.80 Å². The molecule has 7 rings (SSSR count). The predicted molar refractivity (Wildman–Crippen MR) is 213 cm³/mol. The van der Waals surface area contributed by atoms with Gasteiger partial charge in [-0.1, -0.05) is 92.2 Å². The Labute approximate surface area is 308 Å². The fourth-order valence-corrected chi connectivity index (χ4v) is 9.52. The molecule has 0 unspecified atom stereocenters. The van der Waals surface area contributed by atoms with Crippen LogP contribution in [0.25, 0.3) is 43.1 Å². The van der Waals surface area contributed by atoms with Gasteiger partial charge < -0.3 is 0 Å². The molecule has 0 aromatic heterocycles. The highest BCUT2D eigenvalue weighted by Crippen LogP contribution is 2.49. The molecule has 2 heterocycles. The summed E-state index contributed by atoms with van der Waals surface area (Å²) < 4.78 is 0. The first-order valence-corrected chi connectivity index (χ1v) is 20.3. The number of carbonyl (C=O) groups is 4. The number of benzene rings is 5. The molecule has 5 aromatic rings. The maximum atomic E-state index is 14.6. The van der Waals surface area contributed by atoms with Crippen molar-refractivity contribution in [3.05, 3.63) is 69.8 Å². The van der Waals surface area contributed by atoms with Crippen molar-refractivity contribution in [2.75, 3.05) is 0 Å². The van der Waals surface area contributed by atoms with Crippen LogP contribution in [0.5, 0.6) is 0 Å². The predicted octanol–water partition coefficient (Wildman–Crippen LogP) is 11.6. The van der Waals surface area contributed by atoms with Gasteiger partial charge in [0.15, 0.2) is 0 Å². The summed E-state index contributed by atoms with van der Waals surface area (Å²) in [5, 5.41) is 7.58. The van der Waals surface area contributed by atoms with E-state index in [1.54, 1.807) is 4.90 Å². The third-order valence-electron chi connectivity index (χ3n) is 12.3. The van der Waals surface area contributed by atoms with Crippen molar-refractivity contribution in [2.24, 2.45) is 0 Å². The van der Waals surface area contributed by atoms with Crippen LogP contribution < -0.4 is 0 Å². The van der Waals surface area contributed by atoms with Gasteiger partial charge in [-0.15, -0.1) is 0 Å². The van der Waals surface area contributed by atoms with Crippen molar-refractivity contribution in [1.29, 1.82) is 0 Å². The van der Waals surface area contributed by atoms with Gasteiger partial charge in [-0.3, -0.25) is 29.0 Å². The van der Waals surface area contributed by atoms with Crippen molar-refractivity contribution in [3.8, 4) is 0 Å². The van der Waals surface area contributed by atoms with Gasteiger partial charge in [0, 0.05) is 45.1 Å². The second-order valence-corrected chi connectivity index (χ2v) is 15.3. The molecule has 0 saturated carbocycles. The zero-order valence-electron chi connectivity index (χ0n) is 32.0. The zero-order chi connectivity index (χ0) is 36.8. The molecule has 0 aliphatic carbocycles. The van der Waals surface area contributed by atoms with Crippen LogP contribution in [-0.4, -0.2) is 45.5 Å². The molecule has 0 saturated heterocycles. The fraction of sp³-hybridized carbons (Fsp3) is 0.478. The van der Waals surface area contributed by atoms with Crippen molar-refractivity contribution in [3.63, 3.8) is 0 Å². The molecular formula is C46H54N2O4. The van der Waals surface area contributed by atoms with Gasteiger partial charge in [0.1, 0.15) is 0 Å². The summed E-state index contributed by atoms with van der Waals surface area (Å²) >= 11 is 0. The number of rotatable bonds is 16. The topological polar surface area (TPSA) is 74.8 Å². The lowest BCUT2D eigenvalue weighted by Gasteiger charge is -2.35. The first-order chi connectivity index (χ1) is 25.3. The van der Waals surface area contributed by atoms with Crippen molar-refractivity contribution in [2.45, 2.75) is 144 Å². The summed E-state index contributed by atoms with van der Waals surface area (Å²) in [5.74, 6) is -0.822. The molecule has 0 radical (unpaired) electrons. The van der Waals surface area contributed by atoms with Gasteiger partial charge in [0.05, 0.1) is 0 Å². The van der Waals surface area contributed by atoms with Crippen LogP contribution >= 0.6 is 0 Å². The van der Waals surface area contributed by atoms with Crippen LogP contribution in [0, 0.1) is 0 Å². The van der Waals surface area contributed by atoms with Gasteiger partial charge >= 0.3 is 0 Å². The van der Waals surface area contributed by atoms with Crippen LogP contribution in [0.1, 0.15) is 171 Å². The Morgan fingerprint density at radius 2 is 0.808 bits per heavy atom. The molecule has 0 spiro atoms. The monoisotopic (exact) mass is 698 g/mol. The third kappa shape index (κ3) is 5.42. The number of nitrogens with zero attached hydrogens (tertiary/aromatic N) is 2. The van der Waals surface area contributed by atoms with Gasteiger partial charge in [-0.25, -0.2) is 0 Å². The maximum Gasteiger partial charge on any atom is 0.261 e. The molecule has 0 fully saturated rings. The molecule has 2 aliphatic heterocycles. The van der Waals surface area contributed by atoms with Crippen molar-refractivity contribution >= 4 is 66.7 Å². The highest BCUT2D eigenvalue weighted by Gasteiger charge is 2.40. The molecular weight excluding hydrogens is 645 g/mol. The van der Waals surface area contributed by atoms with E-state index < -0.39 is 0 Å². The second-order valence-electron chi connectivity index (χ2n) is 15.3. The smallest absolute Gasteiger partial charge is 0.261 e. The Morgan fingerprint density at radius 3 is 1.19 bits per heavy atom. The molecule has 0 atom stereocenters. The number of carbonyl (C=O) groups excluding carboxylic acids is 4. The number of hydrogen-bond acceptors (Lipinski definition) is 4. The largest absolute Gasteiger partial charge is 0.271 e. The van der Waals surface area contributed by atoms with Crippen molar-refractivity contribution < 1.29 is 19.2 Å². The van der Waals surface area contributed by atoms with E-state index >= 15 is 0 Å². The molecule has 6 nitrogen and oxygen atoms in total. The van der Waals surface area contributed by atoms with Gasteiger partial charge in [-0.2, -0.15) is 0 Å². The van der Waals surface area contributed by atoms with Crippen LogP contribution in [-0.2, 0) is 12.8 Å². The number of amides is 4. The Bertz CT molecular complexity index is 2090. The summed E-state index contributed by atoms with van der Waals surface area (Å²) in [6.45, 7) is 12.6. The SMILES string of the molecule is CCCCCCc1cc2c3c(cc(CCCCCC)c4c5ccc6c7c(ccc(c1c34)c75)C(=O)N(C(CC)CC)C6=O)C(=O)N(C(CC)CC)C2=O. The molecule has 2 aliphatic rings. The number of aryl methyl sites for hydroxylation is 2. The van der Waals surface area contributed by atoms with Crippen LogP contribution in [0.3, 0.4) is 0 Å². The molecule has 6 heteroatoms. The van der Waals surface area contributed by atoms with E-state index in [1.165, 1.54) is 4.90 Å². The maximum absolute atomic E-state index is 14.6. The van der Waals surface area contributed by atoms with Gasteiger partial charge in [0.2, 0.25) is 0 Å². The molecule has 4 amide bonds. The summed E-state index contributed by atoms with van der Waals surface area (Å²) in [6, 6.07) is 11.9. The standard InChI is InChI=1S/C46H54N2O4/c1-7-13-15-17-19-27-25-35-41-36(46(52)48(45(35)51)30(11-5)12-6)26-28(20-18-16-14-8-2)38-32-22-24-34-40-33(23-21-31(39(32)40)37(27)42(38)41)43(49)47(44(34)50)29(9-3)10-4/h21-26,29-30H,7-20H2,1-6H3. The van der Waals surface area contributed by atoms with E-state index in [0.717, 1.165) is 118 Å². The Hall–Kier alpha value is -4.32. The van der Waals surface area contributed by atoms with Gasteiger partial charge in [0.25, 0.3) is 23.6 Å². The van der Waals surface area contributed by atoms with E-state index in [2.05, 4.69) is 52.0 Å². The summed E-state index contributed by atoms with van der Waals surface area (Å²) in [7, 11) is 0. The Balaban J connectivity index is 1.62. The first-order valence-electron chi connectivity index (χ1n) is 20.3. The Kier molecular flexibility index (Phi) is 10.1. The number of fused-ring (bicyclic) bond motifs is 2. The minimum Gasteiger partial charge on any atom is -0.271 e. The molecule has 5 aromatic carbocycles. The average molecular weight is 699 g/mol. The van der Waals surface area contributed by atoms with Crippen LogP contribution in [0.4, 0.5) is 0 Å². The second kappa shape index (κ2) is 14.6. The number of unbranched alkanes of at least 4 members (excludes halogenated alkanes) is 6. The number of hydrogen-bond donors (Lipinski definition) is 0. The lowest BCUT2D eigenvalue weighted by atomic mass is 9.78. The average Bonchev–Trinajstić information content (AvgIpc) is 3.16. The van der Waals surface area contributed by atoms with E-state index in [1.807, 2.05) is 26.0 Å². The van der Waals surface area contributed by atoms with E-state index in [0.29, 0.717) is 47.9 Å². The molecule has 0 bridgehead atoms. The highest BCUT2D eigenvalue weighted by atomic mass is 16.2. The Morgan fingerprint density at radius 1 is 0.423 bits per heavy atom. The minimum absolute atomic E-state index is 0.161. The first kappa shape index (κ1) is 36.1. The summed E-state index contributed by atoms with van der Waals surface area (Å²) in [4.78, 5) is 60.7. The quantitative estimate of drug-likeness (QED) is 0.0445. The van der Waals surface area contributed by atoms with Gasteiger partial charge in [-0.05, 0) is 119 Å². The number of imide groups is 2. The normalized spacial score (nSPS) is 14.7. The summed E-state index contributed by atoms with van der Waals surface area (Å²) in [6.07, 6.45) is 13.2. The van der Waals surface area contributed by atoms with E-state index in [4.69, 9.17) is 0 Å². The molecule has 272 valence electrons. The lowest BCUT2D eigenvalue weighted by molar-refractivity contribution is 0.0514. The van der Waals surface area contributed by atoms with E-state index in [-0.39, 0.29) is 35.7 Å². The van der Waals surface area contributed by atoms with Crippen LogP contribution in [0.15, 0.2) is 36.4 Å². The van der Waals surface area contributed by atoms with Crippen LogP contribution in [0.2, 0.25) is 0 Å². The minimum atomic E-state index is -0.219. The lowest BCUT2D eigenvalue weighted by Crippen LogP contribution is -2.46. The third-order valence-corrected chi connectivity index (χ3v) is 12.3. The highest BCUT2D eigenvalue weighted by molar-refractivity contribution is 6.42. The zero-order valence-corrected chi connectivity index (χ0v) is 32.0. The molecule has 52 heavy (non-hydrogen) atoms. The molecule has 0 N–H and O–H groups in total. The summed E-state index contributed by atoms with van der Waals surface area (Å²) in [5.41, 5.74) is 4.64. The van der Waals surface area contributed by atoms with E-state index in [9.17, 15) is 19.2 Å².